The third kappa shape index (κ3) is 2.58. The van der Waals surface area contributed by atoms with Gasteiger partial charge < -0.3 is 5.73 Å². The normalized spacial score (nSPS) is 14.2. The average molecular weight is 266 g/mol. The maximum Gasteiger partial charge on any atom is 0.159 e. The number of anilines is 1. The summed E-state index contributed by atoms with van der Waals surface area (Å²) >= 11 is 0. The molecular formula is C17H18N2O. The lowest BCUT2D eigenvalue weighted by Gasteiger charge is -2.14. The van der Waals surface area contributed by atoms with Gasteiger partial charge in [0, 0.05) is 30.9 Å². The highest BCUT2D eigenvalue weighted by Gasteiger charge is 2.19. The molecule has 0 spiro atoms. The molecule has 0 saturated heterocycles. The number of Topliss-reactive ketones (excluding diaryl/α,β-unsaturated/α-hetero) is 1. The monoisotopic (exact) mass is 266 g/mol. The predicted molar refractivity (Wildman–Crippen MR) is 80.3 cm³/mol. The van der Waals surface area contributed by atoms with Crippen LogP contribution in [0.5, 0.6) is 0 Å². The van der Waals surface area contributed by atoms with Gasteiger partial charge in [-0.25, -0.2) is 0 Å². The van der Waals surface area contributed by atoms with Gasteiger partial charge in [-0.05, 0) is 41.8 Å². The lowest BCUT2D eigenvalue weighted by Crippen LogP contribution is -2.15. The first-order valence-corrected chi connectivity index (χ1v) is 6.81. The summed E-state index contributed by atoms with van der Waals surface area (Å²) in [6.07, 6.45) is 0. The van der Waals surface area contributed by atoms with E-state index in [0.717, 1.165) is 30.9 Å². The Kier molecular flexibility index (Phi) is 3.28. The Hall–Kier alpha value is -2.13. The largest absolute Gasteiger partial charge is 0.399 e. The van der Waals surface area contributed by atoms with E-state index in [1.807, 2.05) is 24.3 Å². The second-order valence-corrected chi connectivity index (χ2v) is 5.43. The average Bonchev–Trinajstić information content (AvgIpc) is 2.82. The fourth-order valence-electron chi connectivity index (χ4n) is 2.68. The van der Waals surface area contributed by atoms with Gasteiger partial charge in [-0.2, -0.15) is 0 Å². The standard InChI is InChI=1S/C17H18N2O/c1-12(20)14-4-5-15-10-19(11-16(15)8-14)9-13-2-6-17(18)7-3-13/h2-8H,9-11,18H2,1H3. The number of carbonyl (C=O) groups excluding carboxylic acids is 1. The molecule has 2 N–H and O–H groups in total. The minimum Gasteiger partial charge on any atom is -0.399 e. The molecule has 2 aromatic carbocycles. The summed E-state index contributed by atoms with van der Waals surface area (Å²) in [5.41, 5.74) is 11.2. The summed E-state index contributed by atoms with van der Waals surface area (Å²) in [5, 5.41) is 0. The van der Waals surface area contributed by atoms with Crippen LogP contribution in [0.25, 0.3) is 0 Å². The molecule has 1 heterocycles. The van der Waals surface area contributed by atoms with Crippen molar-refractivity contribution >= 4 is 11.5 Å². The molecule has 102 valence electrons. The molecule has 0 atom stereocenters. The van der Waals surface area contributed by atoms with Crippen LogP contribution in [-0.2, 0) is 19.6 Å². The number of rotatable bonds is 3. The zero-order valence-electron chi connectivity index (χ0n) is 11.6. The van der Waals surface area contributed by atoms with Crippen molar-refractivity contribution in [3.05, 3.63) is 64.7 Å². The minimum atomic E-state index is 0.129. The number of hydrogen-bond donors (Lipinski definition) is 1. The van der Waals surface area contributed by atoms with Gasteiger partial charge in [-0.1, -0.05) is 24.3 Å². The van der Waals surface area contributed by atoms with Gasteiger partial charge in [-0.3, -0.25) is 9.69 Å². The van der Waals surface area contributed by atoms with Gasteiger partial charge in [-0.15, -0.1) is 0 Å². The number of hydrogen-bond acceptors (Lipinski definition) is 3. The van der Waals surface area contributed by atoms with E-state index in [1.165, 1.54) is 16.7 Å². The minimum absolute atomic E-state index is 0.129. The van der Waals surface area contributed by atoms with Gasteiger partial charge in [0.1, 0.15) is 0 Å². The van der Waals surface area contributed by atoms with Crippen LogP contribution in [0.1, 0.15) is 34.0 Å². The molecule has 0 unspecified atom stereocenters. The van der Waals surface area contributed by atoms with E-state index in [9.17, 15) is 4.79 Å². The van der Waals surface area contributed by atoms with Crippen molar-refractivity contribution in [1.82, 2.24) is 4.90 Å². The predicted octanol–water partition coefficient (Wildman–Crippen LogP) is 2.99. The maximum atomic E-state index is 11.4. The number of ketones is 1. The number of carbonyl (C=O) groups is 1. The third-order valence-corrected chi connectivity index (χ3v) is 3.79. The van der Waals surface area contributed by atoms with E-state index in [1.54, 1.807) is 6.92 Å². The summed E-state index contributed by atoms with van der Waals surface area (Å²) in [6, 6.07) is 14.0. The van der Waals surface area contributed by atoms with E-state index in [0.29, 0.717) is 0 Å². The van der Waals surface area contributed by atoms with Gasteiger partial charge in [0.25, 0.3) is 0 Å². The van der Waals surface area contributed by atoms with Crippen LogP contribution in [0.2, 0.25) is 0 Å². The van der Waals surface area contributed by atoms with E-state index < -0.39 is 0 Å². The first kappa shape index (κ1) is 12.9. The molecular weight excluding hydrogens is 248 g/mol. The number of benzene rings is 2. The van der Waals surface area contributed by atoms with Crippen molar-refractivity contribution in [1.29, 1.82) is 0 Å². The summed E-state index contributed by atoms with van der Waals surface area (Å²) in [7, 11) is 0. The van der Waals surface area contributed by atoms with E-state index in [2.05, 4.69) is 23.1 Å². The van der Waals surface area contributed by atoms with Gasteiger partial charge >= 0.3 is 0 Å². The Morgan fingerprint density at radius 2 is 1.80 bits per heavy atom. The Balaban J connectivity index is 1.73. The second kappa shape index (κ2) is 5.10. The lowest BCUT2D eigenvalue weighted by atomic mass is 10.0. The van der Waals surface area contributed by atoms with Crippen LogP contribution in [0.4, 0.5) is 5.69 Å². The molecule has 1 aliphatic heterocycles. The zero-order valence-corrected chi connectivity index (χ0v) is 11.6. The molecule has 3 nitrogen and oxygen atoms in total. The molecule has 3 rings (SSSR count). The van der Waals surface area contributed by atoms with Crippen LogP contribution < -0.4 is 5.73 Å². The van der Waals surface area contributed by atoms with Crippen molar-refractivity contribution in [2.45, 2.75) is 26.6 Å². The number of nitrogens with two attached hydrogens (primary N) is 1. The molecule has 0 bridgehead atoms. The van der Waals surface area contributed by atoms with Crippen LogP contribution in [0.15, 0.2) is 42.5 Å². The van der Waals surface area contributed by atoms with E-state index in [4.69, 9.17) is 5.73 Å². The first-order chi connectivity index (χ1) is 9.61. The third-order valence-electron chi connectivity index (χ3n) is 3.79. The molecule has 0 saturated carbocycles. The van der Waals surface area contributed by atoms with Crippen LogP contribution in [0, 0.1) is 0 Å². The quantitative estimate of drug-likeness (QED) is 0.686. The molecule has 0 aromatic heterocycles. The summed E-state index contributed by atoms with van der Waals surface area (Å²) < 4.78 is 0. The molecule has 0 radical (unpaired) electrons. The maximum absolute atomic E-state index is 11.4. The molecule has 2 aromatic rings. The fourth-order valence-corrected chi connectivity index (χ4v) is 2.68. The number of nitrogen functional groups attached to an aromatic ring is 1. The van der Waals surface area contributed by atoms with Crippen LogP contribution in [0.3, 0.4) is 0 Å². The van der Waals surface area contributed by atoms with Gasteiger partial charge in [0.2, 0.25) is 0 Å². The summed E-state index contributed by atoms with van der Waals surface area (Å²) in [6.45, 7) is 4.37. The van der Waals surface area contributed by atoms with Crippen LogP contribution >= 0.6 is 0 Å². The highest BCUT2D eigenvalue weighted by Crippen LogP contribution is 2.25. The van der Waals surface area contributed by atoms with E-state index >= 15 is 0 Å². The summed E-state index contributed by atoms with van der Waals surface area (Å²) in [4.78, 5) is 13.8. The smallest absolute Gasteiger partial charge is 0.159 e. The van der Waals surface area contributed by atoms with E-state index in [-0.39, 0.29) is 5.78 Å². The molecule has 0 aliphatic carbocycles. The molecule has 0 amide bonds. The van der Waals surface area contributed by atoms with Crippen molar-refractivity contribution in [2.24, 2.45) is 0 Å². The fraction of sp³-hybridized carbons (Fsp3) is 0.235. The Morgan fingerprint density at radius 1 is 1.10 bits per heavy atom. The van der Waals surface area contributed by atoms with Gasteiger partial charge in [0.05, 0.1) is 0 Å². The molecule has 20 heavy (non-hydrogen) atoms. The van der Waals surface area contributed by atoms with Gasteiger partial charge in [0.15, 0.2) is 5.78 Å². The Labute approximate surface area is 119 Å². The van der Waals surface area contributed by atoms with Crippen molar-refractivity contribution in [3.63, 3.8) is 0 Å². The Bertz CT molecular complexity index is 647. The van der Waals surface area contributed by atoms with Crippen molar-refractivity contribution in [3.8, 4) is 0 Å². The molecule has 3 heteroatoms. The number of fused-ring (bicyclic) bond motifs is 1. The highest BCUT2D eigenvalue weighted by atomic mass is 16.1. The molecule has 0 fully saturated rings. The van der Waals surface area contributed by atoms with Crippen molar-refractivity contribution in [2.75, 3.05) is 5.73 Å². The summed E-state index contributed by atoms with van der Waals surface area (Å²) in [5.74, 6) is 0.129. The zero-order chi connectivity index (χ0) is 14.1. The first-order valence-electron chi connectivity index (χ1n) is 6.81. The number of nitrogens with zero attached hydrogens (tertiary/aromatic N) is 1. The lowest BCUT2D eigenvalue weighted by molar-refractivity contribution is 0.101. The second-order valence-electron chi connectivity index (χ2n) is 5.43. The van der Waals surface area contributed by atoms with Crippen LogP contribution in [-0.4, -0.2) is 10.7 Å². The topological polar surface area (TPSA) is 46.3 Å². The Morgan fingerprint density at radius 3 is 2.50 bits per heavy atom. The SMILES string of the molecule is CC(=O)c1ccc2c(c1)CN(Cc1ccc(N)cc1)C2. The van der Waals surface area contributed by atoms with Crippen molar-refractivity contribution < 1.29 is 4.79 Å². The highest BCUT2D eigenvalue weighted by molar-refractivity contribution is 5.94. The molecule has 1 aliphatic rings.